The minimum absolute atomic E-state index is 0.0709. The van der Waals surface area contributed by atoms with E-state index in [0.717, 1.165) is 58.6 Å². The average Bonchev–Trinajstić information content (AvgIpc) is 3.35. The van der Waals surface area contributed by atoms with Crippen molar-refractivity contribution in [3.8, 4) is 11.3 Å². The van der Waals surface area contributed by atoms with Crippen molar-refractivity contribution in [1.29, 1.82) is 0 Å². The molecule has 1 aliphatic heterocycles. The van der Waals surface area contributed by atoms with Crippen LogP contribution >= 0.6 is 0 Å². The van der Waals surface area contributed by atoms with Crippen LogP contribution in [-0.2, 0) is 0 Å². The maximum atomic E-state index is 13.4. The standard InChI is InChI=1S/C24H26N6O/c1-14-8-17(19-9-15(2)22-27-16(3)12-30(22)28-19)10-20-21(14)23(31)29(13-25-20)18-4-7-26-24(11-18)5-6-24/h8-10,12-13,18,26H,4-7,11H2,1-3H3. The number of aryl methyl sites for hydroxylation is 3. The lowest BCUT2D eigenvalue weighted by atomic mass is 9.97. The minimum atomic E-state index is 0.0709. The summed E-state index contributed by atoms with van der Waals surface area (Å²) in [5, 5.41) is 9.09. The molecule has 2 fully saturated rings. The van der Waals surface area contributed by atoms with Gasteiger partial charge in [0.15, 0.2) is 5.65 Å². The van der Waals surface area contributed by atoms with E-state index in [1.807, 2.05) is 48.2 Å². The van der Waals surface area contributed by atoms with Gasteiger partial charge in [0.1, 0.15) is 0 Å². The first-order valence-corrected chi connectivity index (χ1v) is 11.0. The Morgan fingerprint density at radius 3 is 2.77 bits per heavy atom. The number of nitrogens with zero attached hydrogens (tertiary/aromatic N) is 5. The van der Waals surface area contributed by atoms with Gasteiger partial charge in [-0.15, -0.1) is 0 Å². The van der Waals surface area contributed by atoms with Crippen molar-refractivity contribution in [2.45, 2.75) is 58.0 Å². The molecule has 1 unspecified atom stereocenters. The molecule has 1 saturated heterocycles. The second-order valence-electron chi connectivity index (χ2n) is 9.36. The molecular weight excluding hydrogens is 388 g/mol. The number of aromatic nitrogens is 5. The Labute approximate surface area is 180 Å². The van der Waals surface area contributed by atoms with E-state index < -0.39 is 0 Å². The van der Waals surface area contributed by atoms with Crippen molar-refractivity contribution in [2.24, 2.45) is 0 Å². The van der Waals surface area contributed by atoms with Crippen molar-refractivity contribution in [2.75, 3.05) is 6.54 Å². The lowest BCUT2D eigenvalue weighted by molar-refractivity contribution is 0.281. The number of hydrogen-bond donors (Lipinski definition) is 1. The first-order valence-electron chi connectivity index (χ1n) is 11.0. The van der Waals surface area contributed by atoms with E-state index in [4.69, 9.17) is 10.1 Å². The van der Waals surface area contributed by atoms with E-state index in [1.54, 1.807) is 6.33 Å². The van der Waals surface area contributed by atoms with Gasteiger partial charge in [0, 0.05) is 17.1 Å². The Morgan fingerprint density at radius 2 is 1.97 bits per heavy atom. The molecule has 0 amide bonds. The van der Waals surface area contributed by atoms with Crippen LogP contribution in [0.15, 0.2) is 35.5 Å². The molecule has 0 radical (unpaired) electrons. The monoisotopic (exact) mass is 414 g/mol. The maximum Gasteiger partial charge on any atom is 0.261 e. The Morgan fingerprint density at radius 1 is 1.13 bits per heavy atom. The molecule has 2 aliphatic rings. The van der Waals surface area contributed by atoms with E-state index in [2.05, 4.69) is 16.4 Å². The molecule has 1 spiro atoms. The summed E-state index contributed by atoms with van der Waals surface area (Å²) in [5.74, 6) is 0. The van der Waals surface area contributed by atoms with Crippen LogP contribution < -0.4 is 10.9 Å². The molecule has 7 nitrogen and oxygen atoms in total. The van der Waals surface area contributed by atoms with E-state index >= 15 is 0 Å². The summed E-state index contributed by atoms with van der Waals surface area (Å²) in [6, 6.07) is 6.31. The third-order valence-corrected chi connectivity index (χ3v) is 6.96. The minimum Gasteiger partial charge on any atom is -0.311 e. The SMILES string of the molecule is Cc1cn2nc(-c3cc(C)c4c(=O)n(C5CCNC6(CC6)C5)cnc4c3)cc(C)c2n1. The third kappa shape index (κ3) is 2.98. The topological polar surface area (TPSA) is 77.1 Å². The highest BCUT2D eigenvalue weighted by atomic mass is 16.1. The van der Waals surface area contributed by atoms with Gasteiger partial charge in [-0.2, -0.15) is 5.10 Å². The molecule has 6 rings (SSSR count). The van der Waals surface area contributed by atoms with Crippen molar-refractivity contribution < 1.29 is 0 Å². The molecule has 1 saturated carbocycles. The molecule has 0 bridgehead atoms. The first-order chi connectivity index (χ1) is 14.9. The summed E-state index contributed by atoms with van der Waals surface area (Å²) >= 11 is 0. The second-order valence-corrected chi connectivity index (χ2v) is 9.36. The molecule has 3 aromatic heterocycles. The number of nitrogens with one attached hydrogen (secondary N) is 1. The summed E-state index contributed by atoms with van der Waals surface area (Å²) in [7, 11) is 0. The van der Waals surface area contributed by atoms with Gasteiger partial charge in [-0.05, 0) is 82.3 Å². The van der Waals surface area contributed by atoms with Crippen LogP contribution in [0.5, 0.6) is 0 Å². The zero-order chi connectivity index (χ0) is 21.3. The van der Waals surface area contributed by atoms with Crippen LogP contribution in [0, 0.1) is 20.8 Å². The molecule has 1 aromatic carbocycles. The lowest BCUT2D eigenvalue weighted by Crippen LogP contribution is -2.42. The second kappa shape index (κ2) is 6.47. The molecular formula is C24H26N6O. The number of rotatable bonds is 2. The molecule has 1 aliphatic carbocycles. The smallest absolute Gasteiger partial charge is 0.261 e. The fourth-order valence-corrected chi connectivity index (χ4v) is 5.15. The first kappa shape index (κ1) is 18.7. The van der Waals surface area contributed by atoms with Gasteiger partial charge in [0.05, 0.1) is 34.8 Å². The average molecular weight is 415 g/mol. The van der Waals surface area contributed by atoms with E-state index in [0.29, 0.717) is 5.39 Å². The van der Waals surface area contributed by atoms with Crippen molar-refractivity contribution in [3.63, 3.8) is 0 Å². The van der Waals surface area contributed by atoms with Gasteiger partial charge >= 0.3 is 0 Å². The molecule has 158 valence electrons. The van der Waals surface area contributed by atoms with Crippen molar-refractivity contribution in [1.82, 2.24) is 29.5 Å². The van der Waals surface area contributed by atoms with Gasteiger partial charge in [-0.25, -0.2) is 14.5 Å². The highest BCUT2D eigenvalue weighted by Crippen LogP contribution is 2.45. The summed E-state index contributed by atoms with van der Waals surface area (Å²) in [6.45, 7) is 6.98. The van der Waals surface area contributed by atoms with Gasteiger partial charge in [0.25, 0.3) is 5.56 Å². The van der Waals surface area contributed by atoms with Gasteiger partial charge < -0.3 is 5.32 Å². The Hall–Kier alpha value is -3.06. The zero-order valence-corrected chi connectivity index (χ0v) is 18.1. The summed E-state index contributed by atoms with van der Waals surface area (Å²) in [4.78, 5) is 22.7. The molecule has 7 heteroatoms. The van der Waals surface area contributed by atoms with E-state index in [9.17, 15) is 4.79 Å². The van der Waals surface area contributed by atoms with Gasteiger partial charge in [0.2, 0.25) is 0 Å². The maximum absolute atomic E-state index is 13.4. The zero-order valence-electron chi connectivity index (χ0n) is 18.1. The fraction of sp³-hybridized carbons (Fsp3) is 0.417. The largest absolute Gasteiger partial charge is 0.311 e. The predicted octanol–water partition coefficient (Wildman–Crippen LogP) is 3.49. The highest BCUT2D eigenvalue weighted by molar-refractivity contribution is 5.86. The van der Waals surface area contributed by atoms with E-state index in [1.165, 1.54) is 12.8 Å². The number of piperidine rings is 1. The van der Waals surface area contributed by atoms with Crippen LogP contribution in [-0.4, -0.2) is 36.2 Å². The fourth-order valence-electron chi connectivity index (χ4n) is 5.15. The number of benzene rings is 1. The lowest BCUT2D eigenvalue weighted by Gasteiger charge is -2.31. The van der Waals surface area contributed by atoms with Crippen molar-refractivity contribution in [3.05, 3.63) is 57.9 Å². The normalized spacial score (nSPS) is 20.0. The van der Waals surface area contributed by atoms with Gasteiger partial charge in [-0.1, -0.05) is 0 Å². The third-order valence-electron chi connectivity index (χ3n) is 6.96. The number of imidazole rings is 1. The van der Waals surface area contributed by atoms with Gasteiger partial charge in [-0.3, -0.25) is 9.36 Å². The Bertz CT molecular complexity index is 1410. The molecule has 4 heterocycles. The number of fused-ring (bicyclic) bond motifs is 2. The van der Waals surface area contributed by atoms with E-state index in [-0.39, 0.29) is 17.1 Å². The summed E-state index contributed by atoms with van der Waals surface area (Å²) in [5.41, 5.74) is 6.71. The Balaban J connectivity index is 1.45. The number of hydrogen-bond acceptors (Lipinski definition) is 5. The van der Waals surface area contributed by atoms with Crippen LogP contribution in [0.25, 0.3) is 27.8 Å². The summed E-state index contributed by atoms with van der Waals surface area (Å²) in [6.07, 6.45) is 8.11. The molecule has 4 aromatic rings. The summed E-state index contributed by atoms with van der Waals surface area (Å²) < 4.78 is 3.70. The van der Waals surface area contributed by atoms with Crippen LogP contribution in [0.1, 0.15) is 48.5 Å². The Kier molecular flexibility index (Phi) is 3.90. The van der Waals surface area contributed by atoms with Crippen LogP contribution in [0.3, 0.4) is 0 Å². The molecule has 31 heavy (non-hydrogen) atoms. The highest BCUT2D eigenvalue weighted by Gasteiger charge is 2.46. The van der Waals surface area contributed by atoms with Crippen molar-refractivity contribution >= 4 is 16.6 Å². The molecule has 1 N–H and O–H groups in total. The van der Waals surface area contributed by atoms with Crippen LogP contribution in [0.2, 0.25) is 0 Å². The predicted molar refractivity (Wildman–Crippen MR) is 120 cm³/mol. The quantitative estimate of drug-likeness (QED) is 0.543. The molecule has 1 atom stereocenters. The van der Waals surface area contributed by atoms with Crippen LogP contribution in [0.4, 0.5) is 0 Å².